The van der Waals surface area contributed by atoms with Crippen molar-refractivity contribution >= 4 is 11.8 Å². The number of alkyl halides is 3. The van der Waals surface area contributed by atoms with Crippen molar-refractivity contribution in [1.29, 1.82) is 5.26 Å². The van der Waals surface area contributed by atoms with Gasteiger partial charge in [0.1, 0.15) is 30.5 Å². The van der Waals surface area contributed by atoms with Gasteiger partial charge in [-0.25, -0.2) is 9.18 Å². The zero-order chi connectivity index (χ0) is 33.9. The van der Waals surface area contributed by atoms with Gasteiger partial charge < -0.3 is 24.4 Å². The first-order valence-electron chi connectivity index (χ1n) is 16.6. The Hall–Kier alpha value is -4.18. The van der Waals surface area contributed by atoms with E-state index in [0.717, 1.165) is 57.7 Å². The molecule has 1 unspecified atom stereocenters. The number of hydrogen-bond acceptors (Lipinski definition) is 7. The van der Waals surface area contributed by atoms with Crippen molar-refractivity contribution in [3.05, 3.63) is 77.6 Å². The van der Waals surface area contributed by atoms with Crippen molar-refractivity contribution in [2.75, 3.05) is 44.7 Å². The lowest BCUT2D eigenvalue weighted by molar-refractivity contribution is -0.129. The number of ether oxygens (including phenoxy) is 1. The summed E-state index contributed by atoms with van der Waals surface area (Å²) in [7, 11) is 1.49. The lowest BCUT2D eigenvalue weighted by Crippen LogP contribution is -2.55. The van der Waals surface area contributed by atoms with Crippen LogP contribution in [-0.4, -0.2) is 77.8 Å². The summed E-state index contributed by atoms with van der Waals surface area (Å²) in [5.74, 6) is -0.423. The number of benzene rings is 2. The molecular formula is C35H41F4N7O2. The number of carbonyl (C=O) groups is 1. The Kier molecular flexibility index (Phi) is 9.92. The average molecular weight is 668 g/mol. The Morgan fingerprint density at radius 3 is 2.50 bits per heavy atom. The van der Waals surface area contributed by atoms with Gasteiger partial charge in [0.25, 0.3) is 0 Å². The number of alkyl carbamates (subject to hydrolysis) is 1. The highest BCUT2D eigenvalue weighted by Crippen LogP contribution is 2.52. The topological polar surface area (TPSA) is 99.3 Å². The Labute approximate surface area is 277 Å². The highest BCUT2D eigenvalue weighted by atomic mass is 19.4. The minimum Gasteiger partial charge on any atom is -0.446 e. The third kappa shape index (κ3) is 7.28. The number of nitrogens with zero attached hydrogens (tertiary/aromatic N) is 6. The second kappa shape index (κ2) is 14.1. The largest absolute Gasteiger partial charge is 0.446 e. The van der Waals surface area contributed by atoms with Crippen molar-refractivity contribution in [3.63, 3.8) is 0 Å². The Morgan fingerprint density at radius 1 is 1.08 bits per heavy atom. The van der Waals surface area contributed by atoms with Crippen LogP contribution in [0.25, 0.3) is 0 Å². The van der Waals surface area contributed by atoms with Gasteiger partial charge in [-0.2, -0.15) is 18.4 Å². The number of anilines is 1. The molecule has 3 atom stereocenters. The van der Waals surface area contributed by atoms with E-state index in [1.54, 1.807) is 6.07 Å². The molecule has 2 saturated heterocycles. The van der Waals surface area contributed by atoms with Crippen LogP contribution in [0, 0.1) is 34.9 Å². The van der Waals surface area contributed by atoms with Crippen molar-refractivity contribution in [1.82, 2.24) is 25.0 Å². The molecule has 9 nitrogen and oxygen atoms in total. The molecule has 1 aliphatic carbocycles. The highest BCUT2D eigenvalue weighted by molar-refractivity contribution is 5.67. The maximum atomic E-state index is 15.0. The van der Waals surface area contributed by atoms with E-state index >= 15 is 4.39 Å². The van der Waals surface area contributed by atoms with Crippen molar-refractivity contribution in [3.8, 4) is 6.07 Å². The zero-order valence-electron chi connectivity index (χ0n) is 27.0. The first-order valence-corrected chi connectivity index (χ1v) is 16.6. The number of piperidine rings is 1. The predicted octanol–water partition coefficient (Wildman–Crippen LogP) is 5.70. The Bertz CT molecular complexity index is 1590. The molecule has 1 aromatic heterocycles. The maximum Gasteiger partial charge on any atom is 0.407 e. The fourth-order valence-corrected chi connectivity index (χ4v) is 8.37. The average Bonchev–Trinajstić information content (AvgIpc) is 3.70. The number of nitrogens with one attached hydrogen (secondary N) is 1. The molecule has 1 amide bonds. The van der Waals surface area contributed by atoms with E-state index in [-0.39, 0.29) is 24.2 Å². The molecule has 2 aromatic carbocycles. The van der Waals surface area contributed by atoms with Gasteiger partial charge in [-0.1, -0.05) is 12.1 Å². The van der Waals surface area contributed by atoms with E-state index in [0.29, 0.717) is 29.9 Å². The van der Waals surface area contributed by atoms with Crippen LogP contribution in [0.4, 0.5) is 28.0 Å². The number of nitriles is 1. The number of likely N-dealkylation sites (tertiary alicyclic amines) is 1. The van der Waals surface area contributed by atoms with Crippen LogP contribution in [-0.2, 0) is 23.1 Å². The van der Waals surface area contributed by atoms with Gasteiger partial charge in [0.05, 0.1) is 11.6 Å². The molecule has 256 valence electrons. The standard InChI is InChI=1S/C35H41F4N7O2/c1-41-33(47)48-31-7-3-6-30(31)34(27-4-2-5-28(36)16-27,22-46-23-42-43-32(46)17-35(37,38)39)26-12-14-44(15-13-26)19-25-20-45(21-25)29-10-8-24(18-40)9-11-29/h2,4-5,8-11,16,23,25-26,30-31H,3,6-7,12-15,17,19-22H2,1H3,(H,41,47)/t30-,31-,34?/m0/s1. The second-order valence-corrected chi connectivity index (χ2v) is 13.5. The third-order valence-electron chi connectivity index (χ3n) is 10.6. The zero-order valence-corrected chi connectivity index (χ0v) is 27.0. The number of aromatic nitrogens is 3. The van der Waals surface area contributed by atoms with E-state index in [1.807, 2.05) is 30.3 Å². The van der Waals surface area contributed by atoms with Gasteiger partial charge in [-0.3, -0.25) is 0 Å². The molecule has 3 fully saturated rings. The summed E-state index contributed by atoms with van der Waals surface area (Å²) in [6, 6.07) is 16.2. The van der Waals surface area contributed by atoms with Crippen LogP contribution >= 0.6 is 0 Å². The molecule has 0 spiro atoms. The van der Waals surface area contributed by atoms with Crippen LogP contribution in [0.1, 0.15) is 49.1 Å². The highest BCUT2D eigenvalue weighted by Gasteiger charge is 2.53. The lowest BCUT2D eigenvalue weighted by atomic mass is 9.58. The third-order valence-corrected chi connectivity index (χ3v) is 10.6. The predicted molar refractivity (Wildman–Crippen MR) is 171 cm³/mol. The summed E-state index contributed by atoms with van der Waals surface area (Å²) < 4.78 is 63.3. The van der Waals surface area contributed by atoms with Gasteiger partial charge >= 0.3 is 12.3 Å². The van der Waals surface area contributed by atoms with Gasteiger partial charge in [-0.05, 0) is 93.1 Å². The van der Waals surface area contributed by atoms with E-state index in [2.05, 4.69) is 31.4 Å². The number of rotatable bonds is 10. The molecule has 3 aliphatic rings. The van der Waals surface area contributed by atoms with E-state index in [1.165, 1.54) is 30.1 Å². The minimum absolute atomic E-state index is 0.0351. The first kappa shape index (κ1) is 33.7. The molecule has 0 bridgehead atoms. The fraction of sp³-hybridized carbons (Fsp3) is 0.543. The SMILES string of the molecule is CNC(=O)O[C@H]1CCC[C@@H]1C(Cn1cnnc1CC(F)(F)F)(c1cccc(F)c1)C1CCN(CC2CN(c3ccc(C#N)cc3)C2)CC1. The van der Waals surface area contributed by atoms with E-state index < -0.39 is 36.0 Å². The van der Waals surface area contributed by atoms with Gasteiger partial charge in [0.15, 0.2) is 0 Å². The first-order chi connectivity index (χ1) is 23.1. The van der Waals surface area contributed by atoms with Crippen LogP contribution < -0.4 is 10.2 Å². The van der Waals surface area contributed by atoms with Crippen LogP contribution in [0.15, 0.2) is 54.9 Å². The molecule has 0 radical (unpaired) electrons. The smallest absolute Gasteiger partial charge is 0.407 e. The van der Waals surface area contributed by atoms with Gasteiger partial charge in [0, 0.05) is 56.2 Å². The lowest BCUT2D eigenvalue weighted by Gasteiger charge is -2.51. The summed E-state index contributed by atoms with van der Waals surface area (Å²) in [6.07, 6.45) is -1.84. The number of amides is 1. The summed E-state index contributed by atoms with van der Waals surface area (Å²) >= 11 is 0. The number of halogens is 4. The second-order valence-electron chi connectivity index (χ2n) is 13.5. The molecule has 3 aromatic rings. The normalized spacial score (nSPS) is 22.1. The van der Waals surface area contributed by atoms with Crippen molar-refractivity contribution < 1.29 is 27.1 Å². The van der Waals surface area contributed by atoms with Crippen LogP contribution in [0.2, 0.25) is 0 Å². The molecule has 6 rings (SSSR count). The molecule has 1 N–H and O–H groups in total. The van der Waals surface area contributed by atoms with Gasteiger partial charge in [0.2, 0.25) is 0 Å². The summed E-state index contributed by atoms with van der Waals surface area (Å²) in [5, 5.41) is 19.3. The maximum absolute atomic E-state index is 15.0. The van der Waals surface area contributed by atoms with Gasteiger partial charge in [-0.15, -0.1) is 10.2 Å². The molecule has 2 aliphatic heterocycles. The minimum atomic E-state index is -4.48. The van der Waals surface area contributed by atoms with E-state index in [9.17, 15) is 18.0 Å². The quantitative estimate of drug-likeness (QED) is 0.277. The summed E-state index contributed by atoms with van der Waals surface area (Å²) in [5.41, 5.74) is 1.59. The number of hydrogen-bond donors (Lipinski definition) is 1. The molecular weight excluding hydrogens is 626 g/mol. The molecule has 48 heavy (non-hydrogen) atoms. The fourth-order valence-electron chi connectivity index (χ4n) is 8.37. The van der Waals surface area contributed by atoms with Crippen LogP contribution in [0.3, 0.4) is 0 Å². The molecule has 1 saturated carbocycles. The van der Waals surface area contributed by atoms with E-state index in [4.69, 9.17) is 10.00 Å². The Balaban J connectivity index is 1.26. The van der Waals surface area contributed by atoms with Crippen LogP contribution in [0.5, 0.6) is 0 Å². The molecule has 13 heteroatoms. The van der Waals surface area contributed by atoms with Crippen molar-refractivity contribution in [2.45, 2.75) is 62.8 Å². The summed E-state index contributed by atoms with van der Waals surface area (Å²) in [6.45, 7) is 4.48. The molecule has 3 heterocycles. The Morgan fingerprint density at radius 2 is 1.83 bits per heavy atom. The monoisotopic (exact) mass is 667 g/mol. The van der Waals surface area contributed by atoms with Crippen molar-refractivity contribution in [2.24, 2.45) is 17.8 Å². The summed E-state index contributed by atoms with van der Waals surface area (Å²) in [4.78, 5) is 17.2. The number of carbonyl (C=O) groups excluding carboxylic acids is 1.